The molecule has 1 aliphatic carbocycles. The van der Waals surface area contributed by atoms with Crippen molar-refractivity contribution in [2.75, 3.05) is 0 Å². The molecule has 1 aromatic rings. The SMILES string of the molecule is CCC(C(=O)O)C1Cc2cc[nH]c2C1. The third-order valence-electron chi connectivity index (χ3n) is 3.20. The van der Waals surface area contributed by atoms with E-state index in [4.69, 9.17) is 5.11 Å². The Morgan fingerprint density at radius 3 is 3.07 bits per heavy atom. The summed E-state index contributed by atoms with van der Waals surface area (Å²) in [4.78, 5) is 14.2. The fourth-order valence-electron chi connectivity index (χ4n) is 2.43. The van der Waals surface area contributed by atoms with Gasteiger partial charge in [0.25, 0.3) is 0 Å². The van der Waals surface area contributed by atoms with Crippen LogP contribution in [-0.2, 0) is 17.6 Å². The Labute approximate surface area is 83.1 Å². The maximum absolute atomic E-state index is 11.0. The van der Waals surface area contributed by atoms with Crippen molar-refractivity contribution in [3.05, 3.63) is 23.5 Å². The monoisotopic (exact) mass is 193 g/mol. The third-order valence-corrected chi connectivity index (χ3v) is 3.20. The van der Waals surface area contributed by atoms with Crippen molar-refractivity contribution in [1.29, 1.82) is 0 Å². The van der Waals surface area contributed by atoms with Crippen LogP contribution >= 0.6 is 0 Å². The Balaban J connectivity index is 2.10. The van der Waals surface area contributed by atoms with Gasteiger partial charge in [-0.05, 0) is 36.8 Å². The van der Waals surface area contributed by atoms with E-state index in [1.165, 1.54) is 11.3 Å². The molecular weight excluding hydrogens is 178 g/mol. The first kappa shape index (κ1) is 9.31. The lowest BCUT2D eigenvalue weighted by Crippen LogP contribution is -2.23. The molecule has 0 amide bonds. The van der Waals surface area contributed by atoms with Crippen LogP contribution in [0.1, 0.15) is 24.6 Å². The van der Waals surface area contributed by atoms with Gasteiger partial charge in [0.15, 0.2) is 0 Å². The number of fused-ring (bicyclic) bond motifs is 1. The van der Waals surface area contributed by atoms with Gasteiger partial charge in [-0.2, -0.15) is 0 Å². The highest BCUT2D eigenvalue weighted by Crippen LogP contribution is 2.32. The van der Waals surface area contributed by atoms with Crippen LogP contribution in [0.5, 0.6) is 0 Å². The van der Waals surface area contributed by atoms with Crippen LogP contribution in [0.4, 0.5) is 0 Å². The molecule has 1 heterocycles. The van der Waals surface area contributed by atoms with Crippen LogP contribution < -0.4 is 0 Å². The van der Waals surface area contributed by atoms with E-state index in [0.29, 0.717) is 5.92 Å². The molecule has 0 radical (unpaired) electrons. The number of carboxylic acid groups (broad SMARTS) is 1. The van der Waals surface area contributed by atoms with Gasteiger partial charge >= 0.3 is 5.97 Å². The van der Waals surface area contributed by atoms with E-state index in [1.807, 2.05) is 13.1 Å². The second-order valence-electron chi connectivity index (χ2n) is 4.00. The van der Waals surface area contributed by atoms with E-state index in [1.54, 1.807) is 0 Å². The predicted octanol–water partition coefficient (Wildman–Crippen LogP) is 1.84. The standard InChI is InChI=1S/C11H15NO2/c1-2-9(11(13)14)8-5-7-3-4-12-10(7)6-8/h3-4,8-9,12H,2,5-6H2,1H3,(H,13,14). The lowest BCUT2D eigenvalue weighted by molar-refractivity contribution is -0.143. The first-order valence-corrected chi connectivity index (χ1v) is 5.10. The van der Waals surface area contributed by atoms with Gasteiger partial charge in [-0.15, -0.1) is 0 Å². The average molecular weight is 193 g/mol. The van der Waals surface area contributed by atoms with Crippen molar-refractivity contribution in [3.63, 3.8) is 0 Å². The minimum atomic E-state index is -0.650. The van der Waals surface area contributed by atoms with Crippen molar-refractivity contribution in [1.82, 2.24) is 4.98 Å². The number of carboxylic acids is 1. The molecule has 0 aromatic carbocycles. The maximum Gasteiger partial charge on any atom is 0.306 e. The number of carbonyl (C=O) groups is 1. The van der Waals surface area contributed by atoms with Crippen LogP contribution in [0, 0.1) is 11.8 Å². The van der Waals surface area contributed by atoms with Crippen LogP contribution in [0.2, 0.25) is 0 Å². The predicted molar refractivity (Wildman–Crippen MR) is 53.1 cm³/mol. The van der Waals surface area contributed by atoms with Crippen LogP contribution in [-0.4, -0.2) is 16.1 Å². The zero-order valence-corrected chi connectivity index (χ0v) is 8.29. The minimum Gasteiger partial charge on any atom is -0.481 e. The molecular formula is C11H15NO2. The molecule has 1 aromatic heterocycles. The van der Waals surface area contributed by atoms with Gasteiger partial charge in [-0.3, -0.25) is 4.79 Å². The van der Waals surface area contributed by atoms with Crippen molar-refractivity contribution < 1.29 is 9.90 Å². The molecule has 2 unspecified atom stereocenters. The highest BCUT2D eigenvalue weighted by Gasteiger charge is 2.32. The van der Waals surface area contributed by atoms with E-state index >= 15 is 0 Å². The normalized spacial score (nSPS) is 21.9. The molecule has 2 N–H and O–H groups in total. The highest BCUT2D eigenvalue weighted by molar-refractivity contribution is 5.70. The zero-order valence-electron chi connectivity index (χ0n) is 8.29. The van der Waals surface area contributed by atoms with E-state index in [-0.39, 0.29) is 5.92 Å². The molecule has 0 aliphatic heterocycles. The smallest absolute Gasteiger partial charge is 0.306 e. The molecule has 76 valence electrons. The maximum atomic E-state index is 11.0. The van der Waals surface area contributed by atoms with Gasteiger partial charge in [0, 0.05) is 11.9 Å². The minimum absolute atomic E-state index is 0.184. The van der Waals surface area contributed by atoms with Gasteiger partial charge in [0.05, 0.1) is 5.92 Å². The Morgan fingerprint density at radius 1 is 1.71 bits per heavy atom. The number of hydrogen-bond donors (Lipinski definition) is 2. The molecule has 1 aliphatic rings. The summed E-state index contributed by atoms with van der Waals surface area (Å²) in [6, 6.07) is 2.06. The number of hydrogen-bond acceptors (Lipinski definition) is 1. The lowest BCUT2D eigenvalue weighted by atomic mass is 9.88. The summed E-state index contributed by atoms with van der Waals surface area (Å²) in [6.45, 7) is 1.95. The molecule has 0 saturated heterocycles. The molecule has 2 rings (SSSR count). The summed E-state index contributed by atoms with van der Waals surface area (Å²) in [6.07, 6.45) is 4.48. The van der Waals surface area contributed by atoms with Gasteiger partial charge in [0.2, 0.25) is 0 Å². The van der Waals surface area contributed by atoms with Gasteiger partial charge < -0.3 is 10.1 Å². The molecule has 3 heteroatoms. The summed E-state index contributed by atoms with van der Waals surface area (Å²) in [5.41, 5.74) is 2.53. The first-order chi connectivity index (χ1) is 6.72. The Kier molecular flexibility index (Phi) is 2.32. The molecule has 0 fully saturated rings. The van der Waals surface area contributed by atoms with Gasteiger partial charge in [-0.1, -0.05) is 6.92 Å². The number of H-pyrrole nitrogens is 1. The second kappa shape index (κ2) is 3.48. The average Bonchev–Trinajstić information content (AvgIpc) is 2.63. The van der Waals surface area contributed by atoms with E-state index in [0.717, 1.165) is 19.3 Å². The lowest BCUT2D eigenvalue weighted by Gasteiger charge is -2.16. The Bertz CT molecular complexity index is 322. The largest absolute Gasteiger partial charge is 0.481 e. The second-order valence-corrected chi connectivity index (χ2v) is 4.00. The number of aromatic amines is 1. The van der Waals surface area contributed by atoms with Crippen LogP contribution in [0.15, 0.2) is 12.3 Å². The van der Waals surface area contributed by atoms with Crippen molar-refractivity contribution in [2.45, 2.75) is 26.2 Å². The molecule has 0 bridgehead atoms. The summed E-state index contributed by atoms with van der Waals surface area (Å²) in [7, 11) is 0. The molecule has 0 spiro atoms. The molecule has 3 nitrogen and oxygen atoms in total. The van der Waals surface area contributed by atoms with Crippen molar-refractivity contribution in [3.8, 4) is 0 Å². The molecule has 0 saturated carbocycles. The first-order valence-electron chi connectivity index (χ1n) is 5.10. The topological polar surface area (TPSA) is 53.1 Å². The zero-order chi connectivity index (χ0) is 10.1. The Morgan fingerprint density at radius 2 is 2.50 bits per heavy atom. The van der Waals surface area contributed by atoms with Crippen LogP contribution in [0.25, 0.3) is 0 Å². The summed E-state index contributed by atoms with van der Waals surface area (Å²) in [5.74, 6) is -0.543. The fraction of sp³-hybridized carbons (Fsp3) is 0.545. The molecule has 14 heavy (non-hydrogen) atoms. The van der Waals surface area contributed by atoms with E-state index in [9.17, 15) is 4.79 Å². The fourth-order valence-corrected chi connectivity index (χ4v) is 2.43. The Hall–Kier alpha value is -1.25. The number of rotatable bonds is 3. The summed E-state index contributed by atoms with van der Waals surface area (Å²) >= 11 is 0. The summed E-state index contributed by atoms with van der Waals surface area (Å²) in [5, 5.41) is 9.04. The quantitative estimate of drug-likeness (QED) is 0.769. The summed E-state index contributed by atoms with van der Waals surface area (Å²) < 4.78 is 0. The van der Waals surface area contributed by atoms with Crippen LogP contribution in [0.3, 0.4) is 0 Å². The van der Waals surface area contributed by atoms with Gasteiger partial charge in [-0.25, -0.2) is 0 Å². The number of nitrogens with one attached hydrogen (secondary N) is 1. The molecule has 2 atom stereocenters. The van der Waals surface area contributed by atoms with Gasteiger partial charge in [0.1, 0.15) is 0 Å². The highest BCUT2D eigenvalue weighted by atomic mass is 16.4. The van der Waals surface area contributed by atoms with Crippen molar-refractivity contribution in [2.24, 2.45) is 11.8 Å². The van der Waals surface area contributed by atoms with E-state index in [2.05, 4.69) is 11.1 Å². The number of aromatic nitrogens is 1. The van der Waals surface area contributed by atoms with E-state index < -0.39 is 5.97 Å². The third kappa shape index (κ3) is 1.43. The number of aliphatic carboxylic acids is 1. The van der Waals surface area contributed by atoms with Crippen molar-refractivity contribution >= 4 is 5.97 Å².